The van der Waals surface area contributed by atoms with E-state index in [1.165, 1.54) is 35.6 Å². The number of aromatic nitrogens is 1. The number of aryl methyl sites for hydroxylation is 2. The smallest absolute Gasteiger partial charge is 0.243 e. The zero-order valence-electron chi connectivity index (χ0n) is 14.8. The summed E-state index contributed by atoms with van der Waals surface area (Å²) in [4.78, 5) is 0.0776. The van der Waals surface area contributed by atoms with Crippen LogP contribution >= 0.6 is 0 Å². The van der Waals surface area contributed by atoms with Gasteiger partial charge in [-0.2, -0.15) is 4.31 Å². The summed E-state index contributed by atoms with van der Waals surface area (Å²) in [5.74, 6) is 0.567. The zero-order valence-corrected chi connectivity index (χ0v) is 16.4. The van der Waals surface area contributed by atoms with Crippen LogP contribution < -0.4 is 4.72 Å². The number of hydrogen-bond acceptors (Lipinski definition) is 6. The number of hydrogen-bond donors (Lipinski definition) is 1. The summed E-state index contributed by atoms with van der Waals surface area (Å²) in [6.07, 6.45) is 1.66. The van der Waals surface area contributed by atoms with Gasteiger partial charge in [-0.1, -0.05) is 5.16 Å². The molecule has 3 rings (SSSR count). The van der Waals surface area contributed by atoms with Crippen LogP contribution in [0.1, 0.15) is 29.9 Å². The van der Waals surface area contributed by atoms with Gasteiger partial charge in [-0.3, -0.25) is 0 Å². The molecule has 0 aliphatic heterocycles. The highest BCUT2D eigenvalue weighted by molar-refractivity contribution is 7.89. The molecule has 1 aromatic carbocycles. The van der Waals surface area contributed by atoms with Crippen LogP contribution in [0.25, 0.3) is 0 Å². The van der Waals surface area contributed by atoms with Crippen LogP contribution in [0.3, 0.4) is 0 Å². The van der Waals surface area contributed by atoms with Gasteiger partial charge in [0.05, 0.1) is 15.5 Å². The molecule has 1 fully saturated rings. The van der Waals surface area contributed by atoms with Crippen LogP contribution in [0, 0.1) is 13.8 Å². The average molecular weight is 399 g/mol. The second-order valence-corrected chi connectivity index (χ2v) is 10.2. The number of nitrogens with zero attached hydrogens (tertiary/aromatic N) is 2. The Labute approximate surface area is 153 Å². The fraction of sp³-hybridized carbons (Fsp3) is 0.438. The second kappa shape index (κ2) is 6.76. The van der Waals surface area contributed by atoms with Crippen LogP contribution in [0.5, 0.6) is 0 Å². The van der Waals surface area contributed by atoms with Crippen LogP contribution in [0.15, 0.2) is 38.6 Å². The van der Waals surface area contributed by atoms with Crippen LogP contribution in [-0.2, 0) is 26.6 Å². The largest absolute Gasteiger partial charge is 0.361 e. The Morgan fingerprint density at radius 2 is 1.69 bits per heavy atom. The van der Waals surface area contributed by atoms with Crippen molar-refractivity contribution in [3.63, 3.8) is 0 Å². The third-order valence-corrected chi connectivity index (χ3v) is 7.66. The Kier molecular flexibility index (Phi) is 4.95. The molecular formula is C16H21N3O5S2. The van der Waals surface area contributed by atoms with Gasteiger partial charge in [0, 0.05) is 25.2 Å². The van der Waals surface area contributed by atoms with Gasteiger partial charge in [0.25, 0.3) is 0 Å². The van der Waals surface area contributed by atoms with E-state index in [1.807, 2.05) is 0 Å². The molecule has 0 spiro atoms. The molecule has 1 aliphatic carbocycles. The number of benzene rings is 1. The SMILES string of the molecule is Cc1noc(C)c1CN(C)S(=O)(=O)c1ccc(S(=O)(=O)NC2CC2)cc1. The first-order valence-corrected chi connectivity index (χ1v) is 11.0. The number of rotatable bonds is 7. The van der Waals surface area contributed by atoms with Crippen molar-refractivity contribution in [3.05, 3.63) is 41.3 Å². The third kappa shape index (κ3) is 3.83. The molecule has 1 saturated carbocycles. The fourth-order valence-electron chi connectivity index (χ4n) is 2.49. The Bertz CT molecular complexity index is 987. The van der Waals surface area contributed by atoms with Gasteiger partial charge < -0.3 is 4.52 Å². The van der Waals surface area contributed by atoms with Gasteiger partial charge in [-0.25, -0.2) is 21.6 Å². The lowest BCUT2D eigenvalue weighted by molar-refractivity contribution is 0.390. The summed E-state index contributed by atoms with van der Waals surface area (Å²) < 4.78 is 58.6. The number of sulfonamides is 2. The first kappa shape index (κ1) is 19.0. The minimum Gasteiger partial charge on any atom is -0.361 e. The predicted molar refractivity (Wildman–Crippen MR) is 94.4 cm³/mol. The molecule has 1 heterocycles. The monoisotopic (exact) mass is 399 g/mol. The summed E-state index contributed by atoms with van der Waals surface area (Å²) in [6.45, 7) is 3.59. The topological polar surface area (TPSA) is 110 Å². The van der Waals surface area contributed by atoms with E-state index in [4.69, 9.17) is 4.52 Å². The summed E-state index contributed by atoms with van der Waals surface area (Å²) in [7, 11) is -5.92. The van der Waals surface area contributed by atoms with Crippen molar-refractivity contribution in [2.24, 2.45) is 0 Å². The Hall–Kier alpha value is -1.75. The molecule has 10 heteroatoms. The van der Waals surface area contributed by atoms with E-state index in [2.05, 4.69) is 9.88 Å². The lowest BCUT2D eigenvalue weighted by atomic mass is 10.2. The molecule has 142 valence electrons. The minimum atomic E-state index is -3.77. The van der Waals surface area contributed by atoms with Gasteiger partial charge in [0.2, 0.25) is 20.0 Å². The standard InChI is InChI=1S/C16H21N3O5S2/c1-11-16(12(2)24-17-11)10-19(3)26(22,23)15-8-6-14(7-9-15)25(20,21)18-13-4-5-13/h6-9,13,18H,4-5,10H2,1-3H3. The van der Waals surface area contributed by atoms with Gasteiger partial charge in [-0.05, 0) is 51.0 Å². The van der Waals surface area contributed by atoms with E-state index in [9.17, 15) is 16.8 Å². The van der Waals surface area contributed by atoms with Crippen molar-refractivity contribution in [2.75, 3.05) is 7.05 Å². The van der Waals surface area contributed by atoms with Crippen LogP contribution in [-0.4, -0.2) is 39.4 Å². The van der Waals surface area contributed by atoms with Crippen molar-refractivity contribution in [1.29, 1.82) is 0 Å². The lowest BCUT2D eigenvalue weighted by Crippen LogP contribution is -2.27. The zero-order chi connectivity index (χ0) is 19.1. The van der Waals surface area contributed by atoms with Gasteiger partial charge in [0.15, 0.2) is 0 Å². The maximum atomic E-state index is 12.7. The summed E-state index contributed by atoms with van der Waals surface area (Å²) in [5.41, 5.74) is 1.35. The van der Waals surface area contributed by atoms with Crippen molar-refractivity contribution < 1.29 is 21.4 Å². The van der Waals surface area contributed by atoms with E-state index in [-0.39, 0.29) is 22.4 Å². The maximum absolute atomic E-state index is 12.7. The van der Waals surface area contributed by atoms with E-state index in [0.29, 0.717) is 17.0 Å². The van der Waals surface area contributed by atoms with Gasteiger partial charge >= 0.3 is 0 Å². The van der Waals surface area contributed by atoms with Crippen molar-refractivity contribution >= 4 is 20.0 Å². The van der Waals surface area contributed by atoms with E-state index >= 15 is 0 Å². The average Bonchev–Trinajstić information content (AvgIpc) is 3.34. The fourth-order valence-corrected chi connectivity index (χ4v) is 4.94. The number of nitrogens with one attached hydrogen (secondary N) is 1. The summed E-state index contributed by atoms with van der Waals surface area (Å²) >= 11 is 0. The van der Waals surface area contributed by atoms with Crippen LogP contribution in [0.2, 0.25) is 0 Å². The molecular weight excluding hydrogens is 378 g/mol. The van der Waals surface area contributed by atoms with E-state index in [0.717, 1.165) is 12.8 Å². The molecule has 8 nitrogen and oxygen atoms in total. The second-order valence-electron chi connectivity index (χ2n) is 6.43. The maximum Gasteiger partial charge on any atom is 0.243 e. The molecule has 1 N–H and O–H groups in total. The van der Waals surface area contributed by atoms with Gasteiger partial charge in [-0.15, -0.1) is 0 Å². The molecule has 0 unspecified atom stereocenters. The highest BCUT2D eigenvalue weighted by atomic mass is 32.2. The summed E-state index contributed by atoms with van der Waals surface area (Å²) in [5, 5.41) is 3.82. The molecule has 1 aliphatic rings. The van der Waals surface area contributed by atoms with Crippen LogP contribution in [0.4, 0.5) is 0 Å². The molecule has 0 radical (unpaired) electrons. The van der Waals surface area contributed by atoms with Crippen molar-refractivity contribution in [3.8, 4) is 0 Å². The Morgan fingerprint density at radius 3 is 2.19 bits per heavy atom. The molecule has 0 bridgehead atoms. The Balaban J connectivity index is 1.80. The molecule has 26 heavy (non-hydrogen) atoms. The molecule has 0 saturated heterocycles. The molecule has 1 aromatic heterocycles. The summed E-state index contributed by atoms with van der Waals surface area (Å²) in [6, 6.07) is 5.22. The molecule has 0 amide bonds. The highest BCUT2D eigenvalue weighted by Crippen LogP contribution is 2.24. The van der Waals surface area contributed by atoms with Gasteiger partial charge in [0.1, 0.15) is 5.76 Å². The minimum absolute atomic E-state index is 0.00964. The van der Waals surface area contributed by atoms with E-state index in [1.54, 1.807) is 13.8 Å². The van der Waals surface area contributed by atoms with E-state index < -0.39 is 20.0 Å². The quantitative estimate of drug-likeness (QED) is 0.756. The Morgan fingerprint density at radius 1 is 1.12 bits per heavy atom. The van der Waals surface area contributed by atoms with Crippen molar-refractivity contribution in [2.45, 2.75) is 49.1 Å². The third-order valence-electron chi connectivity index (χ3n) is 4.30. The molecule has 0 atom stereocenters. The van der Waals surface area contributed by atoms with Crippen molar-refractivity contribution in [1.82, 2.24) is 14.2 Å². The first-order chi connectivity index (χ1) is 12.1. The predicted octanol–water partition coefficient (Wildman–Crippen LogP) is 1.55. The first-order valence-electron chi connectivity index (χ1n) is 8.12. The normalized spacial score (nSPS) is 15.5. The molecule has 2 aromatic rings. The highest BCUT2D eigenvalue weighted by Gasteiger charge is 2.29. The lowest BCUT2D eigenvalue weighted by Gasteiger charge is -2.17.